The largest absolute Gasteiger partial charge is 0.497 e. The van der Waals surface area contributed by atoms with Gasteiger partial charge in [0, 0.05) is 12.1 Å². The highest BCUT2D eigenvalue weighted by Crippen LogP contribution is 2.31. The third kappa shape index (κ3) is 3.56. The van der Waals surface area contributed by atoms with Crippen molar-refractivity contribution in [2.24, 2.45) is 0 Å². The second-order valence-electron chi connectivity index (χ2n) is 7.28. The van der Waals surface area contributed by atoms with Gasteiger partial charge in [0.25, 0.3) is 11.8 Å². The number of methoxy groups -OCH3 is 2. The summed E-state index contributed by atoms with van der Waals surface area (Å²) in [6.45, 7) is 0.771. The number of benzene rings is 2. The normalized spacial score (nSPS) is 17.9. The molecule has 2 aliphatic heterocycles. The maximum Gasteiger partial charge on any atom is 0.327 e. The number of nitrogens with one attached hydrogen (secondary N) is 1. The quantitative estimate of drug-likeness (QED) is 0.742. The molecule has 4 amide bonds. The van der Waals surface area contributed by atoms with E-state index >= 15 is 0 Å². The van der Waals surface area contributed by atoms with Crippen LogP contribution in [0, 0.1) is 0 Å². The first kappa shape index (κ1) is 19.8. The van der Waals surface area contributed by atoms with E-state index in [0.29, 0.717) is 35.7 Å². The number of ether oxygens (including phenoxy) is 2. The van der Waals surface area contributed by atoms with E-state index in [1.807, 2.05) is 0 Å². The average Bonchev–Trinajstić information content (AvgIpc) is 3.33. The number of rotatable bonds is 6. The summed E-state index contributed by atoms with van der Waals surface area (Å²) in [5, 5.41) is 2.84. The highest BCUT2D eigenvalue weighted by molar-refractivity contribution is 6.06. The number of imide groups is 1. The third-order valence-electron chi connectivity index (χ3n) is 5.47. The molecule has 1 unspecified atom stereocenters. The molecule has 2 heterocycles. The van der Waals surface area contributed by atoms with Crippen molar-refractivity contribution in [3.8, 4) is 11.5 Å². The van der Waals surface area contributed by atoms with Crippen molar-refractivity contribution in [1.82, 2.24) is 9.80 Å². The Morgan fingerprint density at radius 1 is 1.13 bits per heavy atom. The smallest absolute Gasteiger partial charge is 0.327 e. The molecule has 30 heavy (non-hydrogen) atoms. The standard InChI is InChI=1S/C22H23N3O5/c1-29-16-6-3-5-15(12-16)20(26)23-17-11-14(8-9-19(17)30-2)13-25-21(27)18-7-4-10-24(18)22(25)28/h3,5-6,8-9,11-12,18H,4,7,10,13H2,1-2H3,(H,23,26). The van der Waals surface area contributed by atoms with Crippen LogP contribution in [0.2, 0.25) is 0 Å². The number of amides is 4. The summed E-state index contributed by atoms with van der Waals surface area (Å²) >= 11 is 0. The van der Waals surface area contributed by atoms with Crippen LogP contribution >= 0.6 is 0 Å². The zero-order valence-corrected chi connectivity index (χ0v) is 16.9. The Balaban J connectivity index is 1.54. The first-order chi connectivity index (χ1) is 14.5. The van der Waals surface area contributed by atoms with Gasteiger partial charge in [0.15, 0.2) is 0 Å². The molecule has 0 bridgehead atoms. The van der Waals surface area contributed by atoms with Crippen LogP contribution in [0.5, 0.6) is 11.5 Å². The van der Waals surface area contributed by atoms with Crippen LogP contribution in [-0.4, -0.2) is 54.5 Å². The van der Waals surface area contributed by atoms with Crippen molar-refractivity contribution in [1.29, 1.82) is 0 Å². The molecule has 0 spiro atoms. The maximum atomic E-state index is 12.7. The van der Waals surface area contributed by atoms with Crippen LogP contribution < -0.4 is 14.8 Å². The predicted molar refractivity (Wildman–Crippen MR) is 110 cm³/mol. The summed E-state index contributed by atoms with van der Waals surface area (Å²) in [6, 6.07) is 11.5. The minimum absolute atomic E-state index is 0.149. The Kier molecular flexibility index (Phi) is 5.31. The lowest BCUT2D eigenvalue weighted by Gasteiger charge is -2.17. The van der Waals surface area contributed by atoms with Gasteiger partial charge in [-0.1, -0.05) is 12.1 Å². The molecule has 0 saturated carbocycles. The van der Waals surface area contributed by atoms with Gasteiger partial charge in [-0.05, 0) is 48.7 Å². The van der Waals surface area contributed by atoms with E-state index in [1.54, 1.807) is 47.4 Å². The SMILES string of the molecule is COc1cccc(C(=O)Nc2cc(CN3C(=O)C4CCCN4C3=O)ccc2OC)c1. The van der Waals surface area contributed by atoms with E-state index in [9.17, 15) is 14.4 Å². The average molecular weight is 409 g/mol. The van der Waals surface area contributed by atoms with Gasteiger partial charge < -0.3 is 19.7 Å². The number of nitrogens with zero attached hydrogens (tertiary/aromatic N) is 2. The number of carbonyl (C=O) groups is 3. The van der Waals surface area contributed by atoms with E-state index in [0.717, 1.165) is 12.0 Å². The molecule has 2 aliphatic rings. The molecule has 8 heteroatoms. The van der Waals surface area contributed by atoms with Crippen molar-refractivity contribution in [3.05, 3.63) is 53.6 Å². The van der Waals surface area contributed by atoms with Crippen molar-refractivity contribution < 1.29 is 23.9 Å². The van der Waals surface area contributed by atoms with E-state index in [1.165, 1.54) is 19.1 Å². The molecule has 0 aromatic heterocycles. The second kappa shape index (κ2) is 8.06. The third-order valence-corrected chi connectivity index (χ3v) is 5.47. The van der Waals surface area contributed by atoms with Gasteiger partial charge in [-0.15, -0.1) is 0 Å². The predicted octanol–water partition coefficient (Wildman–Crippen LogP) is 2.88. The van der Waals surface area contributed by atoms with Crippen molar-refractivity contribution in [2.75, 3.05) is 26.1 Å². The fraction of sp³-hybridized carbons (Fsp3) is 0.318. The molecular weight excluding hydrogens is 386 g/mol. The van der Waals surface area contributed by atoms with Gasteiger partial charge in [0.2, 0.25) is 0 Å². The van der Waals surface area contributed by atoms with Crippen LogP contribution in [0.1, 0.15) is 28.8 Å². The van der Waals surface area contributed by atoms with Crippen LogP contribution in [0.25, 0.3) is 0 Å². The molecule has 2 fully saturated rings. The first-order valence-electron chi connectivity index (χ1n) is 9.76. The molecule has 0 radical (unpaired) electrons. The maximum absolute atomic E-state index is 12.7. The molecule has 1 atom stereocenters. The molecule has 2 aromatic rings. The van der Waals surface area contributed by atoms with Gasteiger partial charge in [-0.3, -0.25) is 14.5 Å². The highest BCUT2D eigenvalue weighted by atomic mass is 16.5. The lowest BCUT2D eigenvalue weighted by molar-refractivity contribution is -0.128. The highest BCUT2D eigenvalue weighted by Gasteiger charge is 2.47. The van der Waals surface area contributed by atoms with Crippen molar-refractivity contribution in [2.45, 2.75) is 25.4 Å². The molecule has 1 N–H and O–H groups in total. The van der Waals surface area contributed by atoms with Crippen LogP contribution in [0.3, 0.4) is 0 Å². The summed E-state index contributed by atoms with van der Waals surface area (Å²) in [7, 11) is 3.05. The van der Waals surface area contributed by atoms with Gasteiger partial charge in [-0.2, -0.15) is 0 Å². The molecule has 4 rings (SSSR count). The first-order valence-corrected chi connectivity index (χ1v) is 9.76. The molecule has 2 aromatic carbocycles. The van der Waals surface area contributed by atoms with E-state index in [4.69, 9.17) is 9.47 Å². The summed E-state index contributed by atoms with van der Waals surface area (Å²) in [4.78, 5) is 40.8. The molecule has 2 saturated heterocycles. The lowest BCUT2D eigenvalue weighted by atomic mass is 10.1. The fourth-order valence-electron chi connectivity index (χ4n) is 3.92. The zero-order valence-electron chi connectivity index (χ0n) is 16.9. The topological polar surface area (TPSA) is 88.2 Å². The summed E-state index contributed by atoms with van der Waals surface area (Å²) < 4.78 is 10.5. The molecule has 156 valence electrons. The molecule has 0 aliphatic carbocycles. The Hall–Kier alpha value is -3.55. The number of carbonyl (C=O) groups excluding carboxylic acids is 3. The Morgan fingerprint density at radius 2 is 1.97 bits per heavy atom. The number of hydrogen-bond donors (Lipinski definition) is 1. The van der Waals surface area contributed by atoms with Gasteiger partial charge in [0.1, 0.15) is 17.5 Å². The zero-order chi connectivity index (χ0) is 21.3. The van der Waals surface area contributed by atoms with E-state index < -0.39 is 0 Å². The molecule has 8 nitrogen and oxygen atoms in total. The van der Waals surface area contributed by atoms with Gasteiger partial charge in [0.05, 0.1) is 26.5 Å². The lowest BCUT2D eigenvalue weighted by Crippen LogP contribution is -2.32. The van der Waals surface area contributed by atoms with Crippen molar-refractivity contribution in [3.63, 3.8) is 0 Å². The number of hydrogen-bond acceptors (Lipinski definition) is 5. The minimum Gasteiger partial charge on any atom is -0.497 e. The van der Waals surface area contributed by atoms with Crippen LogP contribution in [0.15, 0.2) is 42.5 Å². The fourth-order valence-corrected chi connectivity index (χ4v) is 3.92. The van der Waals surface area contributed by atoms with E-state index in [2.05, 4.69) is 5.32 Å². The van der Waals surface area contributed by atoms with Gasteiger partial charge >= 0.3 is 6.03 Å². The van der Waals surface area contributed by atoms with Gasteiger partial charge in [-0.25, -0.2) is 4.79 Å². The Labute approximate surface area is 174 Å². The van der Waals surface area contributed by atoms with E-state index in [-0.39, 0.29) is 30.4 Å². The summed E-state index contributed by atoms with van der Waals surface area (Å²) in [6.07, 6.45) is 1.57. The second-order valence-corrected chi connectivity index (χ2v) is 7.28. The van der Waals surface area contributed by atoms with Crippen LogP contribution in [-0.2, 0) is 11.3 Å². The summed E-state index contributed by atoms with van der Waals surface area (Å²) in [5.41, 5.74) is 1.62. The number of urea groups is 1. The summed E-state index contributed by atoms with van der Waals surface area (Å²) in [5.74, 6) is 0.582. The Morgan fingerprint density at radius 3 is 2.70 bits per heavy atom. The molecular formula is C22H23N3O5. The van der Waals surface area contributed by atoms with Crippen molar-refractivity contribution >= 4 is 23.5 Å². The van der Waals surface area contributed by atoms with Crippen LogP contribution in [0.4, 0.5) is 10.5 Å². The Bertz CT molecular complexity index is 984. The number of anilines is 1. The minimum atomic E-state index is -0.331. The number of fused-ring (bicyclic) bond motifs is 1. The monoisotopic (exact) mass is 409 g/mol.